The van der Waals surface area contributed by atoms with Gasteiger partial charge in [0.1, 0.15) is 0 Å². The molecule has 1 aromatic heterocycles. The molecule has 0 amide bonds. The van der Waals surface area contributed by atoms with Crippen LogP contribution < -0.4 is 5.32 Å². The van der Waals surface area contributed by atoms with Gasteiger partial charge in [-0.3, -0.25) is 4.90 Å². The van der Waals surface area contributed by atoms with Crippen LogP contribution in [0.15, 0.2) is 18.5 Å². The molecule has 1 aliphatic rings. The van der Waals surface area contributed by atoms with E-state index in [1.165, 1.54) is 18.7 Å². The number of piperazine rings is 1. The molecule has 3 nitrogen and oxygen atoms in total. The van der Waals surface area contributed by atoms with Crippen molar-refractivity contribution >= 4 is 0 Å². The molecule has 1 aliphatic heterocycles. The van der Waals surface area contributed by atoms with Gasteiger partial charge >= 0.3 is 0 Å². The molecule has 78 valence electrons. The third kappa shape index (κ3) is 2.36. The summed E-state index contributed by atoms with van der Waals surface area (Å²) in [5.41, 5.74) is 1.41. The monoisotopic (exact) mass is 193 g/mol. The lowest BCUT2D eigenvalue weighted by Gasteiger charge is -2.32. The second-order valence-electron chi connectivity index (χ2n) is 4.06. The van der Waals surface area contributed by atoms with E-state index in [0.717, 1.165) is 19.5 Å². The number of nitrogens with one attached hydrogen (secondary N) is 2. The Labute approximate surface area is 85.5 Å². The smallest absolute Gasteiger partial charge is 0.0110 e. The fourth-order valence-electron chi connectivity index (χ4n) is 2.08. The molecule has 0 saturated carbocycles. The van der Waals surface area contributed by atoms with Crippen LogP contribution in [0.3, 0.4) is 0 Å². The van der Waals surface area contributed by atoms with Crippen LogP contribution in [0.25, 0.3) is 0 Å². The minimum atomic E-state index is 0.660. The van der Waals surface area contributed by atoms with E-state index in [-0.39, 0.29) is 0 Å². The van der Waals surface area contributed by atoms with E-state index < -0.39 is 0 Å². The van der Waals surface area contributed by atoms with Crippen LogP contribution in [0.1, 0.15) is 12.5 Å². The number of aromatic amines is 1. The highest BCUT2D eigenvalue weighted by atomic mass is 15.2. The molecule has 0 spiro atoms. The number of nitrogens with zero attached hydrogens (tertiary/aromatic N) is 1. The van der Waals surface area contributed by atoms with E-state index in [9.17, 15) is 0 Å². The van der Waals surface area contributed by atoms with Gasteiger partial charge in [0.15, 0.2) is 0 Å². The zero-order valence-corrected chi connectivity index (χ0v) is 8.79. The van der Waals surface area contributed by atoms with Crippen LogP contribution in [-0.2, 0) is 6.42 Å². The highest BCUT2D eigenvalue weighted by Gasteiger charge is 2.16. The van der Waals surface area contributed by atoms with E-state index in [1.54, 1.807) is 0 Å². The maximum atomic E-state index is 3.38. The van der Waals surface area contributed by atoms with Gasteiger partial charge in [-0.05, 0) is 25.0 Å². The molecule has 2 N–H and O–H groups in total. The summed E-state index contributed by atoms with van der Waals surface area (Å²) in [5, 5.41) is 3.38. The molecular formula is C11H19N3. The van der Waals surface area contributed by atoms with E-state index in [0.29, 0.717) is 6.04 Å². The zero-order valence-electron chi connectivity index (χ0n) is 8.79. The predicted molar refractivity (Wildman–Crippen MR) is 58.4 cm³/mol. The standard InChI is InChI=1S/C11H19N3/c1-10(8-11-2-3-13-9-11)14-6-4-12-5-7-14/h2-3,9-10,12-13H,4-8H2,1H3. The summed E-state index contributed by atoms with van der Waals surface area (Å²) >= 11 is 0. The fourth-order valence-corrected chi connectivity index (χ4v) is 2.08. The van der Waals surface area contributed by atoms with Crippen LogP contribution in [0.2, 0.25) is 0 Å². The lowest BCUT2D eigenvalue weighted by Crippen LogP contribution is -2.48. The topological polar surface area (TPSA) is 31.1 Å². The number of H-pyrrole nitrogens is 1. The van der Waals surface area contributed by atoms with Gasteiger partial charge in [-0.1, -0.05) is 0 Å². The van der Waals surface area contributed by atoms with Gasteiger partial charge in [0.05, 0.1) is 0 Å². The molecule has 1 unspecified atom stereocenters. The summed E-state index contributed by atoms with van der Waals surface area (Å²) in [4.78, 5) is 5.67. The second-order valence-corrected chi connectivity index (χ2v) is 4.06. The van der Waals surface area contributed by atoms with Crippen LogP contribution in [0, 0.1) is 0 Å². The third-order valence-corrected chi connectivity index (χ3v) is 2.97. The Kier molecular flexibility index (Phi) is 3.22. The summed E-state index contributed by atoms with van der Waals surface area (Å²) in [7, 11) is 0. The summed E-state index contributed by atoms with van der Waals surface area (Å²) < 4.78 is 0. The van der Waals surface area contributed by atoms with Crippen molar-refractivity contribution in [3.63, 3.8) is 0 Å². The minimum absolute atomic E-state index is 0.660. The molecule has 0 radical (unpaired) electrons. The fraction of sp³-hybridized carbons (Fsp3) is 0.636. The summed E-state index contributed by atoms with van der Waals surface area (Å²) in [5.74, 6) is 0. The minimum Gasteiger partial charge on any atom is -0.367 e. The van der Waals surface area contributed by atoms with Gasteiger partial charge in [0.25, 0.3) is 0 Å². The molecule has 1 aromatic rings. The van der Waals surface area contributed by atoms with Crippen LogP contribution in [0.5, 0.6) is 0 Å². The molecule has 0 aliphatic carbocycles. The lowest BCUT2D eigenvalue weighted by molar-refractivity contribution is 0.183. The second kappa shape index (κ2) is 4.62. The summed E-state index contributed by atoms with van der Waals surface area (Å²) in [6.07, 6.45) is 5.25. The maximum Gasteiger partial charge on any atom is 0.0110 e. The number of hydrogen-bond acceptors (Lipinski definition) is 2. The quantitative estimate of drug-likeness (QED) is 0.745. The zero-order chi connectivity index (χ0) is 9.80. The van der Waals surface area contributed by atoms with Crippen molar-refractivity contribution in [1.82, 2.24) is 15.2 Å². The van der Waals surface area contributed by atoms with Crippen molar-refractivity contribution in [3.8, 4) is 0 Å². The van der Waals surface area contributed by atoms with Crippen molar-refractivity contribution in [2.24, 2.45) is 0 Å². The molecule has 1 fully saturated rings. The highest BCUT2D eigenvalue weighted by molar-refractivity contribution is 5.09. The van der Waals surface area contributed by atoms with Gasteiger partial charge in [0, 0.05) is 44.6 Å². The van der Waals surface area contributed by atoms with Crippen molar-refractivity contribution in [1.29, 1.82) is 0 Å². The molecule has 0 aromatic carbocycles. The Bertz CT molecular complexity index is 250. The lowest BCUT2D eigenvalue weighted by atomic mass is 10.1. The molecule has 2 rings (SSSR count). The van der Waals surface area contributed by atoms with Crippen LogP contribution in [-0.4, -0.2) is 42.1 Å². The SMILES string of the molecule is CC(Cc1cc[nH]c1)N1CCNCC1. The molecular weight excluding hydrogens is 174 g/mol. The van der Waals surface area contributed by atoms with Gasteiger partial charge < -0.3 is 10.3 Å². The van der Waals surface area contributed by atoms with Crippen LogP contribution in [0.4, 0.5) is 0 Å². The highest BCUT2D eigenvalue weighted by Crippen LogP contribution is 2.08. The molecule has 3 heteroatoms. The van der Waals surface area contributed by atoms with Gasteiger partial charge in [-0.15, -0.1) is 0 Å². The molecule has 14 heavy (non-hydrogen) atoms. The Morgan fingerprint density at radius 2 is 2.21 bits per heavy atom. The Hall–Kier alpha value is -0.800. The predicted octanol–water partition coefficient (Wildman–Crippen LogP) is 0.851. The Balaban J connectivity index is 1.85. The average Bonchev–Trinajstić information content (AvgIpc) is 2.72. The first-order valence-electron chi connectivity index (χ1n) is 5.42. The van der Waals surface area contributed by atoms with Crippen LogP contribution >= 0.6 is 0 Å². The average molecular weight is 193 g/mol. The number of rotatable bonds is 3. The first-order chi connectivity index (χ1) is 6.86. The van der Waals surface area contributed by atoms with E-state index >= 15 is 0 Å². The van der Waals surface area contributed by atoms with E-state index in [1.807, 2.05) is 6.20 Å². The first-order valence-corrected chi connectivity index (χ1v) is 5.42. The maximum absolute atomic E-state index is 3.38. The largest absolute Gasteiger partial charge is 0.367 e. The van der Waals surface area contributed by atoms with E-state index in [4.69, 9.17) is 0 Å². The van der Waals surface area contributed by atoms with Crippen molar-refractivity contribution in [2.75, 3.05) is 26.2 Å². The van der Waals surface area contributed by atoms with Gasteiger partial charge in [-0.2, -0.15) is 0 Å². The normalized spacial score (nSPS) is 20.9. The van der Waals surface area contributed by atoms with Crippen molar-refractivity contribution < 1.29 is 0 Å². The van der Waals surface area contributed by atoms with E-state index in [2.05, 4.69) is 34.4 Å². The Morgan fingerprint density at radius 3 is 2.86 bits per heavy atom. The molecule has 0 bridgehead atoms. The van der Waals surface area contributed by atoms with Gasteiger partial charge in [-0.25, -0.2) is 0 Å². The number of aromatic nitrogens is 1. The molecule has 2 heterocycles. The third-order valence-electron chi connectivity index (χ3n) is 2.97. The first kappa shape index (κ1) is 9.74. The van der Waals surface area contributed by atoms with Crippen molar-refractivity contribution in [3.05, 3.63) is 24.0 Å². The Morgan fingerprint density at radius 1 is 1.43 bits per heavy atom. The van der Waals surface area contributed by atoms with Crippen molar-refractivity contribution in [2.45, 2.75) is 19.4 Å². The number of hydrogen-bond donors (Lipinski definition) is 2. The van der Waals surface area contributed by atoms with Gasteiger partial charge in [0.2, 0.25) is 0 Å². The molecule has 1 saturated heterocycles. The molecule has 1 atom stereocenters. The summed E-state index contributed by atoms with van der Waals surface area (Å²) in [6.45, 7) is 6.96. The summed E-state index contributed by atoms with van der Waals surface area (Å²) in [6, 6.07) is 2.83.